The minimum atomic E-state index is 0.871. The summed E-state index contributed by atoms with van der Waals surface area (Å²) in [6.45, 7) is 0. The van der Waals surface area contributed by atoms with Crippen molar-refractivity contribution in [3.8, 4) is 0 Å². The van der Waals surface area contributed by atoms with E-state index in [9.17, 15) is 0 Å². The number of benzene rings is 1. The fourth-order valence-corrected chi connectivity index (χ4v) is 3.78. The third kappa shape index (κ3) is 1.59. The van der Waals surface area contributed by atoms with Crippen LogP contribution in [-0.2, 0) is 5.33 Å². The molecule has 0 atom stereocenters. The summed E-state index contributed by atoms with van der Waals surface area (Å²) in [4.78, 5) is 0. The predicted octanol–water partition coefficient (Wildman–Crippen LogP) is 3.98. The molecule has 4 heteroatoms. The molecule has 1 aromatic carbocycles. The quantitative estimate of drug-likeness (QED) is 0.460. The maximum Gasteiger partial charge on any atom is 0.0538 e. The summed E-state index contributed by atoms with van der Waals surface area (Å²) in [6.07, 6.45) is 0. The van der Waals surface area contributed by atoms with Gasteiger partial charge in [0.05, 0.1) is 3.57 Å². The predicted molar refractivity (Wildman–Crippen MR) is 71.6 cm³/mol. The van der Waals surface area contributed by atoms with Gasteiger partial charge in [-0.3, -0.25) is 0 Å². The number of anilines is 1. The Balaban J connectivity index is 2.81. The minimum absolute atomic E-state index is 0.871. The van der Waals surface area contributed by atoms with Crippen LogP contribution in [0, 0.1) is 3.57 Å². The van der Waals surface area contributed by atoms with Gasteiger partial charge >= 0.3 is 0 Å². The highest BCUT2D eigenvalue weighted by Gasteiger charge is 2.07. The molecule has 1 nitrogen and oxygen atoms in total. The Kier molecular flexibility index (Phi) is 2.80. The van der Waals surface area contributed by atoms with Gasteiger partial charge in [0.25, 0.3) is 0 Å². The SMILES string of the molecule is Nc1ccc2c(CBr)csc2c1I. The Morgan fingerprint density at radius 3 is 2.92 bits per heavy atom. The maximum atomic E-state index is 5.82. The van der Waals surface area contributed by atoms with Crippen LogP contribution < -0.4 is 5.73 Å². The summed E-state index contributed by atoms with van der Waals surface area (Å²) in [5.74, 6) is 0. The summed E-state index contributed by atoms with van der Waals surface area (Å²) >= 11 is 7.54. The smallest absolute Gasteiger partial charge is 0.0538 e. The van der Waals surface area contributed by atoms with Gasteiger partial charge in [0.1, 0.15) is 0 Å². The van der Waals surface area contributed by atoms with Gasteiger partial charge in [-0.2, -0.15) is 0 Å². The van der Waals surface area contributed by atoms with Crippen molar-refractivity contribution in [2.45, 2.75) is 5.33 Å². The van der Waals surface area contributed by atoms with E-state index in [1.54, 1.807) is 11.3 Å². The van der Waals surface area contributed by atoms with Gasteiger partial charge in [0.15, 0.2) is 0 Å². The highest BCUT2D eigenvalue weighted by molar-refractivity contribution is 14.1. The normalized spacial score (nSPS) is 10.9. The Labute approximate surface area is 103 Å². The van der Waals surface area contributed by atoms with E-state index in [4.69, 9.17) is 5.73 Å². The average Bonchev–Trinajstić information content (AvgIpc) is 2.55. The molecule has 0 bridgehead atoms. The van der Waals surface area contributed by atoms with E-state index < -0.39 is 0 Å². The second-order valence-electron chi connectivity index (χ2n) is 2.74. The fourth-order valence-electron chi connectivity index (χ4n) is 1.24. The third-order valence-electron chi connectivity index (χ3n) is 1.94. The third-order valence-corrected chi connectivity index (χ3v) is 5.13. The highest BCUT2D eigenvalue weighted by atomic mass is 127. The highest BCUT2D eigenvalue weighted by Crippen LogP contribution is 2.33. The van der Waals surface area contributed by atoms with Gasteiger partial charge in [-0.25, -0.2) is 0 Å². The molecule has 0 saturated heterocycles. The van der Waals surface area contributed by atoms with Crippen molar-refractivity contribution in [3.63, 3.8) is 0 Å². The van der Waals surface area contributed by atoms with E-state index in [1.165, 1.54) is 19.2 Å². The summed E-state index contributed by atoms with van der Waals surface area (Å²) in [7, 11) is 0. The molecule has 0 saturated carbocycles. The largest absolute Gasteiger partial charge is 0.398 e. The molecule has 1 aromatic heterocycles. The van der Waals surface area contributed by atoms with Crippen molar-refractivity contribution >= 4 is 65.6 Å². The van der Waals surface area contributed by atoms with Gasteiger partial charge in [0.2, 0.25) is 0 Å². The van der Waals surface area contributed by atoms with Crippen LogP contribution in [0.25, 0.3) is 10.1 Å². The van der Waals surface area contributed by atoms with Crippen LogP contribution in [0.2, 0.25) is 0 Å². The lowest BCUT2D eigenvalue weighted by molar-refractivity contribution is 1.54. The molecule has 2 N–H and O–H groups in total. The van der Waals surface area contributed by atoms with E-state index in [0.717, 1.165) is 11.0 Å². The number of nitrogen functional groups attached to an aromatic ring is 1. The van der Waals surface area contributed by atoms with Crippen LogP contribution in [0.1, 0.15) is 5.56 Å². The number of fused-ring (bicyclic) bond motifs is 1. The Bertz CT molecular complexity index is 452. The monoisotopic (exact) mass is 367 g/mol. The molecule has 0 amide bonds. The number of thiophene rings is 1. The van der Waals surface area contributed by atoms with Crippen LogP contribution in [0.3, 0.4) is 0 Å². The van der Waals surface area contributed by atoms with Crippen LogP contribution in [-0.4, -0.2) is 0 Å². The topological polar surface area (TPSA) is 26.0 Å². The van der Waals surface area contributed by atoms with E-state index in [-0.39, 0.29) is 0 Å². The van der Waals surface area contributed by atoms with E-state index >= 15 is 0 Å². The van der Waals surface area contributed by atoms with Gasteiger partial charge in [0, 0.05) is 15.7 Å². The first kappa shape index (κ1) is 9.73. The Morgan fingerprint density at radius 2 is 2.23 bits per heavy atom. The second-order valence-corrected chi connectivity index (χ2v) is 5.26. The summed E-state index contributed by atoms with van der Waals surface area (Å²) in [6, 6.07) is 4.07. The standard InChI is InChI=1S/C9H7BrINS/c10-3-5-4-13-9-6(5)1-2-7(12)8(9)11/h1-2,4H,3,12H2. The maximum absolute atomic E-state index is 5.82. The molecule has 13 heavy (non-hydrogen) atoms. The van der Waals surface area contributed by atoms with Crippen molar-refractivity contribution in [2.24, 2.45) is 0 Å². The molecule has 0 aliphatic heterocycles. The zero-order valence-corrected chi connectivity index (χ0v) is 11.2. The molecular formula is C9H7BrINS. The van der Waals surface area contributed by atoms with Crippen LogP contribution >= 0.6 is 49.9 Å². The number of nitrogens with two attached hydrogens (primary N) is 1. The molecule has 0 spiro atoms. The lowest BCUT2D eigenvalue weighted by Gasteiger charge is -1.99. The Hall–Kier alpha value is 0.190. The van der Waals surface area contributed by atoms with Crippen LogP contribution in [0.4, 0.5) is 5.69 Å². The van der Waals surface area contributed by atoms with Gasteiger partial charge in [-0.15, -0.1) is 11.3 Å². The summed E-state index contributed by atoms with van der Waals surface area (Å²) in [5, 5.41) is 4.41. The van der Waals surface area contributed by atoms with Crippen molar-refractivity contribution in [3.05, 3.63) is 26.6 Å². The number of hydrogen-bond acceptors (Lipinski definition) is 2. The molecule has 0 aliphatic carbocycles. The van der Waals surface area contributed by atoms with E-state index in [2.05, 4.69) is 50.0 Å². The number of alkyl halides is 1. The lowest BCUT2D eigenvalue weighted by Crippen LogP contribution is -1.88. The second kappa shape index (κ2) is 3.74. The number of rotatable bonds is 1. The summed E-state index contributed by atoms with van der Waals surface area (Å²) < 4.78 is 2.47. The van der Waals surface area contributed by atoms with Crippen LogP contribution in [0.5, 0.6) is 0 Å². The first-order valence-electron chi connectivity index (χ1n) is 3.74. The molecule has 0 radical (unpaired) electrons. The molecule has 1 heterocycles. The van der Waals surface area contributed by atoms with Gasteiger partial charge < -0.3 is 5.73 Å². The molecule has 2 rings (SSSR count). The van der Waals surface area contributed by atoms with Crippen molar-refractivity contribution in [2.75, 3.05) is 5.73 Å². The minimum Gasteiger partial charge on any atom is -0.398 e. The first-order chi connectivity index (χ1) is 6.24. The molecule has 0 unspecified atom stereocenters. The van der Waals surface area contributed by atoms with Gasteiger partial charge in [-0.1, -0.05) is 22.0 Å². The van der Waals surface area contributed by atoms with E-state index in [1.807, 2.05) is 6.07 Å². The zero-order chi connectivity index (χ0) is 9.42. The zero-order valence-electron chi connectivity index (χ0n) is 6.68. The lowest BCUT2D eigenvalue weighted by atomic mass is 10.2. The molecular weight excluding hydrogens is 361 g/mol. The molecule has 0 fully saturated rings. The molecule has 2 aromatic rings. The first-order valence-corrected chi connectivity index (χ1v) is 6.82. The summed E-state index contributed by atoms with van der Waals surface area (Å²) in [5.41, 5.74) is 8.04. The van der Waals surface area contributed by atoms with Crippen LogP contribution in [0.15, 0.2) is 17.5 Å². The molecule has 68 valence electrons. The number of halogens is 2. The average molecular weight is 368 g/mol. The Morgan fingerprint density at radius 1 is 1.46 bits per heavy atom. The fraction of sp³-hybridized carbons (Fsp3) is 0.111. The van der Waals surface area contributed by atoms with E-state index in [0.29, 0.717) is 0 Å². The van der Waals surface area contributed by atoms with Gasteiger partial charge in [-0.05, 0) is 45.0 Å². The van der Waals surface area contributed by atoms with Crippen molar-refractivity contribution in [1.82, 2.24) is 0 Å². The molecule has 0 aliphatic rings. The van der Waals surface area contributed by atoms with Crippen molar-refractivity contribution < 1.29 is 0 Å². The number of hydrogen-bond donors (Lipinski definition) is 1. The van der Waals surface area contributed by atoms with Crippen molar-refractivity contribution in [1.29, 1.82) is 0 Å².